The van der Waals surface area contributed by atoms with Crippen LogP contribution in [-0.4, -0.2) is 34.2 Å². The van der Waals surface area contributed by atoms with Gasteiger partial charge in [-0.25, -0.2) is 4.68 Å². The summed E-state index contributed by atoms with van der Waals surface area (Å²) in [6, 6.07) is 5.06. The molecule has 2 aromatic rings. The van der Waals surface area contributed by atoms with Crippen molar-refractivity contribution in [2.24, 2.45) is 0 Å². The summed E-state index contributed by atoms with van der Waals surface area (Å²) in [4.78, 5) is 24.4. The van der Waals surface area contributed by atoms with E-state index in [1.807, 2.05) is 0 Å². The lowest BCUT2D eigenvalue weighted by Crippen LogP contribution is -2.43. The molecule has 0 bridgehead atoms. The maximum absolute atomic E-state index is 13.0. The number of halogens is 3. The molecule has 1 saturated carbocycles. The highest BCUT2D eigenvalue weighted by atomic mass is 19.4. The smallest absolute Gasteiger partial charge is 0.352 e. The summed E-state index contributed by atoms with van der Waals surface area (Å²) in [6.07, 6.45) is 0.868. The van der Waals surface area contributed by atoms with Crippen LogP contribution in [0.5, 0.6) is 0 Å². The Morgan fingerprint density at radius 1 is 1.13 bits per heavy atom. The molecule has 1 heterocycles. The van der Waals surface area contributed by atoms with Gasteiger partial charge in [0.15, 0.2) is 0 Å². The summed E-state index contributed by atoms with van der Waals surface area (Å²) >= 11 is 0. The van der Waals surface area contributed by atoms with Crippen molar-refractivity contribution >= 4 is 11.8 Å². The van der Waals surface area contributed by atoms with E-state index in [9.17, 15) is 22.8 Å². The number of benzene rings is 1. The minimum Gasteiger partial charge on any atom is -0.352 e. The molecule has 2 N–H and O–H groups in total. The Balaban J connectivity index is 1.63. The van der Waals surface area contributed by atoms with E-state index in [1.54, 1.807) is 13.8 Å². The zero-order valence-corrected chi connectivity index (χ0v) is 17.7. The summed E-state index contributed by atoms with van der Waals surface area (Å²) in [5, 5.41) is 9.88. The number of nitrogens with one attached hydrogen (secondary N) is 2. The number of nitrogens with zero attached hydrogens (tertiary/aromatic N) is 2. The van der Waals surface area contributed by atoms with Crippen LogP contribution in [0.4, 0.5) is 13.2 Å². The highest BCUT2D eigenvalue weighted by Gasteiger charge is 2.31. The first-order valence-electron chi connectivity index (χ1n) is 10.4. The number of alkyl halides is 3. The zero-order valence-electron chi connectivity index (χ0n) is 17.7. The number of aryl methyl sites for hydroxylation is 1. The summed E-state index contributed by atoms with van der Waals surface area (Å²) in [7, 11) is 0. The molecule has 0 spiro atoms. The fourth-order valence-electron chi connectivity index (χ4n) is 3.92. The molecule has 1 aliphatic carbocycles. The number of carbonyl (C=O) groups is 2. The highest BCUT2D eigenvalue weighted by molar-refractivity contribution is 5.86. The molecule has 1 aliphatic rings. The maximum Gasteiger partial charge on any atom is 0.416 e. The first-order valence-corrected chi connectivity index (χ1v) is 10.4. The van der Waals surface area contributed by atoms with Gasteiger partial charge in [-0.05, 0) is 44.9 Å². The number of carbonyl (C=O) groups excluding carboxylic acids is 2. The second kappa shape index (κ2) is 9.53. The Morgan fingerprint density at radius 2 is 1.84 bits per heavy atom. The molecule has 3 rings (SSSR count). The maximum atomic E-state index is 13.0. The van der Waals surface area contributed by atoms with Gasteiger partial charge in [-0.3, -0.25) is 9.59 Å². The number of rotatable bonds is 6. The van der Waals surface area contributed by atoms with Gasteiger partial charge in [0, 0.05) is 17.3 Å². The average molecular weight is 436 g/mol. The van der Waals surface area contributed by atoms with Gasteiger partial charge < -0.3 is 10.6 Å². The summed E-state index contributed by atoms with van der Waals surface area (Å²) in [6.45, 7) is 3.31. The predicted molar refractivity (Wildman–Crippen MR) is 110 cm³/mol. The molecule has 2 amide bonds. The lowest BCUT2D eigenvalue weighted by Gasteiger charge is -2.22. The SMILES string of the molecule is Cc1nn(-c2cccc(C(F)(F)F)c2)c(C)c1CC(=O)NCC(=O)NC1CCCCC1. The molecule has 0 aliphatic heterocycles. The van der Waals surface area contributed by atoms with Crippen LogP contribution in [-0.2, 0) is 22.2 Å². The van der Waals surface area contributed by atoms with Gasteiger partial charge in [-0.2, -0.15) is 18.3 Å². The Labute approximate surface area is 179 Å². The first kappa shape index (κ1) is 22.8. The van der Waals surface area contributed by atoms with Gasteiger partial charge in [-0.1, -0.05) is 25.3 Å². The topological polar surface area (TPSA) is 76.0 Å². The van der Waals surface area contributed by atoms with Gasteiger partial charge in [-0.15, -0.1) is 0 Å². The third-order valence-corrected chi connectivity index (χ3v) is 5.61. The van der Waals surface area contributed by atoms with Crippen molar-refractivity contribution in [3.05, 3.63) is 46.8 Å². The van der Waals surface area contributed by atoms with E-state index in [1.165, 1.54) is 23.2 Å². The van der Waals surface area contributed by atoms with Crippen LogP contribution in [0.15, 0.2) is 24.3 Å². The van der Waals surface area contributed by atoms with E-state index < -0.39 is 11.7 Å². The van der Waals surface area contributed by atoms with E-state index in [2.05, 4.69) is 15.7 Å². The molecule has 31 heavy (non-hydrogen) atoms. The van der Waals surface area contributed by atoms with Crippen molar-refractivity contribution in [3.63, 3.8) is 0 Å². The van der Waals surface area contributed by atoms with Crippen molar-refractivity contribution < 1.29 is 22.8 Å². The highest BCUT2D eigenvalue weighted by Crippen LogP contribution is 2.31. The molecule has 0 radical (unpaired) electrons. The molecular formula is C22H27F3N4O2. The number of hydrogen-bond donors (Lipinski definition) is 2. The van der Waals surface area contributed by atoms with Gasteiger partial charge in [0.2, 0.25) is 11.8 Å². The summed E-state index contributed by atoms with van der Waals surface area (Å²) in [5.41, 5.74) is 1.27. The largest absolute Gasteiger partial charge is 0.416 e. The number of amides is 2. The number of aromatic nitrogens is 2. The molecule has 9 heteroatoms. The summed E-state index contributed by atoms with van der Waals surface area (Å²) in [5.74, 6) is -0.554. The van der Waals surface area contributed by atoms with Crippen molar-refractivity contribution in [2.75, 3.05) is 6.54 Å². The summed E-state index contributed by atoms with van der Waals surface area (Å²) < 4.78 is 40.5. The van der Waals surface area contributed by atoms with Gasteiger partial charge in [0.1, 0.15) is 0 Å². The van der Waals surface area contributed by atoms with Crippen LogP contribution in [0, 0.1) is 13.8 Å². The van der Waals surface area contributed by atoms with Gasteiger partial charge in [0.25, 0.3) is 0 Å². The molecule has 1 aromatic heterocycles. The van der Waals surface area contributed by atoms with Crippen LogP contribution in [0.3, 0.4) is 0 Å². The standard InChI is InChI=1S/C22H27F3N4O2/c1-14-19(12-20(30)26-13-21(31)27-17-8-4-3-5-9-17)15(2)29(28-14)18-10-6-7-16(11-18)22(23,24)25/h6-7,10-11,17H,3-5,8-9,12-13H2,1-2H3,(H,26,30)(H,27,31). The Bertz CT molecular complexity index is 947. The van der Waals surface area contributed by atoms with E-state index >= 15 is 0 Å². The predicted octanol–water partition coefficient (Wildman–Crippen LogP) is 3.62. The van der Waals surface area contributed by atoms with Gasteiger partial charge in [0.05, 0.1) is 29.9 Å². The van der Waals surface area contributed by atoms with Crippen molar-refractivity contribution in [2.45, 2.75) is 64.6 Å². The van der Waals surface area contributed by atoms with Crippen LogP contribution >= 0.6 is 0 Å². The van der Waals surface area contributed by atoms with E-state index in [-0.39, 0.29) is 36.5 Å². The lowest BCUT2D eigenvalue weighted by molar-refractivity contribution is -0.137. The lowest BCUT2D eigenvalue weighted by atomic mass is 9.95. The van der Waals surface area contributed by atoms with Crippen molar-refractivity contribution in [1.82, 2.24) is 20.4 Å². The van der Waals surface area contributed by atoms with Crippen LogP contribution < -0.4 is 10.6 Å². The molecule has 1 aromatic carbocycles. The van der Waals surface area contributed by atoms with E-state index in [4.69, 9.17) is 0 Å². The van der Waals surface area contributed by atoms with Gasteiger partial charge >= 0.3 is 6.18 Å². The van der Waals surface area contributed by atoms with Crippen molar-refractivity contribution in [1.29, 1.82) is 0 Å². The van der Waals surface area contributed by atoms with E-state index in [0.717, 1.165) is 37.8 Å². The molecular weight excluding hydrogens is 409 g/mol. The second-order valence-electron chi connectivity index (χ2n) is 7.97. The first-order chi connectivity index (χ1) is 14.6. The third kappa shape index (κ3) is 5.86. The quantitative estimate of drug-likeness (QED) is 0.726. The Hall–Kier alpha value is -2.84. The van der Waals surface area contributed by atoms with Crippen LogP contribution in [0.25, 0.3) is 5.69 Å². The third-order valence-electron chi connectivity index (χ3n) is 5.61. The Kier molecular flexibility index (Phi) is 7.02. The Morgan fingerprint density at radius 3 is 2.52 bits per heavy atom. The van der Waals surface area contributed by atoms with E-state index in [0.29, 0.717) is 17.0 Å². The zero-order chi connectivity index (χ0) is 22.6. The second-order valence-corrected chi connectivity index (χ2v) is 7.97. The van der Waals surface area contributed by atoms with Crippen molar-refractivity contribution in [3.8, 4) is 5.69 Å². The molecule has 1 fully saturated rings. The fraction of sp³-hybridized carbons (Fsp3) is 0.500. The van der Waals surface area contributed by atoms with Crippen LogP contribution in [0.2, 0.25) is 0 Å². The minimum absolute atomic E-state index is 0.00661. The molecule has 6 nitrogen and oxygen atoms in total. The normalized spacial score (nSPS) is 15.0. The fourth-order valence-corrected chi connectivity index (χ4v) is 3.92. The monoisotopic (exact) mass is 436 g/mol. The number of hydrogen-bond acceptors (Lipinski definition) is 3. The molecule has 0 unspecified atom stereocenters. The van der Waals surface area contributed by atoms with Crippen LogP contribution in [0.1, 0.15) is 54.6 Å². The molecule has 0 saturated heterocycles. The minimum atomic E-state index is -4.45. The average Bonchev–Trinajstić information content (AvgIpc) is 3.01. The molecule has 0 atom stereocenters. The molecule has 168 valence electrons.